The summed E-state index contributed by atoms with van der Waals surface area (Å²) in [6.07, 6.45) is 4.66. The second kappa shape index (κ2) is 14.8. The van der Waals surface area contributed by atoms with E-state index in [4.69, 9.17) is 30.9 Å². The smallest absolute Gasteiger partial charge is 0.329 e. The minimum absolute atomic E-state index is 0.0254. The molecule has 2 aromatic carbocycles. The number of carboxylic acids is 1. The van der Waals surface area contributed by atoms with Crippen LogP contribution in [0.1, 0.15) is 55.5 Å². The van der Waals surface area contributed by atoms with Crippen LogP contribution in [0.2, 0.25) is 5.02 Å². The highest BCUT2D eigenvalue weighted by molar-refractivity contribution is 7.91. The predicted molar refractivity (Wildman–Crippen MR) is 157 cm³/mol. The summed E-state index contributed by atoms with van der Waals surface area (Å²) >= 11 is 6.57. The molecule has 0 aliphatic heterocycles. The van der Waals surface area contributed by atoms with Crippen molar-refractivity contribution in [1.29, 1.82) is 5.26 Å². The monoisotopic (exact) mass is 616 g/mol. The number of unbranched alkanes of at least 4 members (excludes halogenated alkanes) is 2. The Hall–Kier alpha value is -3.92. The number of aliphatic carboxylic acids is 1. The fourth-order valence-corrected chi connectivity index (χ4v) is 4.69. The molecule has 3 aromatic rings. The predicted octanol–water partition coefficient (Wildman–Crippen LogP) is 4.93. The van der Waals surface area contributed by atoms with E-state index in [2.05, 4.69) is 20.8 Å². The van der Waals surface area contributed by atoms with E-state index in [1.54, 1.807) is 18.2 Å². The Labute approximate surface area is 250 Å². The van der Waals surface area contributed by atoms with E-state index in [-0.39, 0.29) is 19.2 Å². The SMILES string of the molecule is CC(C)(c1ccc(OCc2ccnc(NS(C)(=O)=O)n2)cc1)c1cc(Cl)c(OCCCCCOCC(=O)O)c(C#N)c1. The first-order valence-corrected chi connectivity index (χ1v) is 15.4. The van der Waals surface area contributed by atoms with Gasteiger partial charge in [0.15, 0.2) is 5.75 Å². The summed E-state index contributed by atoms with van der Waals surface area (Å²) in [5.41, 5.74) is 2.15. The van der Waals surface area contributed by atoms with E-state index in [0.29, 0.717) is 53.8 Å². The van der Waals surface area contributed by atoms with Crippen molar-refractivity contribution in [1.82, 2.24) is 9.97 Å². The molecule has 224 valence electrons. The third-order valence-electron chi connectivity index (χ3n) is 6.24. The lowest BCUT2D eigenvalue weighted by Gasteiger charge is -2.27. The van der Waals surface area contributed by atoms with Crippen LogP contribution >= 0.6 is 11.6 Å². The van der Waals surface area contributed by atoms with Gasteiger partial charge in [-0.1, -0.05) is 37.6 Å². The number of nitrogens with one attached hydrogen (secondary N) is 1. The average molecular weight is 617 g/mol. The minimum Gasteiger partial charge on any atom is -0.491 e. The van der Waals surface area contributed by atoms with Crippen molar-refractivity contribution >= 4 is 33.5 Å². The van der Waals surface area contributed by atoms with Crippen LogP contribution in [0, 0.1) is 11.3 Å². The van der Waals surface area contributed by atoms with E-state index in [1.165, 1.54) is 6.20 Å². The number of nitrogens with zero attached hydrogens (tertiary/aromatic N) is 3. The summed E-state index contributed by atoms with van der Waals surface area (Å²) in [4.78, 5) is 18.5. The Balaban J connectivity index is 1.61. The Morgan fingerprint density at radius 2 is 1.79 bits per heavy atom. The van der Waals surface area contributed by atoms with Gasteiger partial charge in [-0.05, 0) is 60.7 Å². The molecule has 0 atom stereocenters. The first kappa shape index (κ1) is 32.6. The van der Waals surface area contributed by atoms with Crippen LogP contribution in [0.15, 0.2) is 48.7 Å². The number of anilines is 1. The van der Waals surface area contributed by atoms with Crippen LogP contribution in [0.4, 0.5) is 5.95 Å². The van der Waals surface area contributed by atoms with Gasteiger partial charge in [0.1, 0.15) is 25.0 Å². The van der Waals surface area contributed by atoms with Crippen LogP contribution in [0.5, 0.6) is 11.5 Å². The van der Waals surface area contributed by atoms with Gasteiger partial charge < -0.3 is 19.3 Å². The van der Waals surface area contributed by atoms with E-state index in [9.17, 15) is 18.5 Å². The maximum absolute atomic E-state index is 11.4. The lowest BCUT2D eigenvalue weighted by Crippen LogP contribution is -2.19. The van der Waals surface area contributed by atoms with E-state index < -0.39 is 21.4 Å². The third-order valence-corrected chi connectivity index (χ3v) is 7.08. The van der Waals surface area contributed by atoms with Crippen molar-refractivity contribution in [3.8, 4) is 17.6 Å². The van der Waals surface area contributed by atoms with E-state index >= 15 is 0 Å². The Morgan fingerprint density at radius 3 is 2.45 bits per heavy atom. The van der Waals surface area contributed by atoms with Gasteiger partial charge in [-0.15, -0.1) is 0 Å². The third kappa shape index (κ3) is 9.87. The number of aromatic nitrogens is 2. The molecular weight excluding hydrogens is 584 g/mol. The molecule has 0 saturated heterocycles. The molecule has 0 bridgehead atoms. The summed E-state index contributed by atoms with van der Waals surface area (Å²) in [5, 5.41) is 18.7. The zero-order chi connectivity index (χ0) is 30.8. The molecule has 0 aliphatic rings. The normalized spacial score (nSPS) is 11.5. The molecular formula is C29H33ClN4O7S. The fourth-order valence-electron chi connectivity index (χ4n) is 3.98. The number of halogens is 1. The van der Waals surface area contributed by atoms with Gasteiger partial charge >= 0.3 is 5.97 Å². The highest BCUT2D eigenvalue weighted by atomic mass is 35.5. The Bertz CT molecular complexity index is 1520. The lowest BCUT2D eigenvalue weighted by molar-refractivity contribution is -0.142. The molecule has 11 nitrogen and oxygen atoms in total. The number of carboxylic acid groups (broad SMARTS) is 1. The topological polar surface area (TPSA) is 161 Å². The van der Waals surface area contributed by atoms with E-state index in [0.717, 1.165) is 23.8 Å². The van der Waals surface area contributed by atoms with Crippen molar-refractivity contribution in [3.05, 3.63) is 76.1 Å². The van der Waals surface area contributed by atoms with Crippen molar-refractivity contribution < 1.29 is 32.5 Å². The second-order valence-corrected chi connectivity index (χ2v) is 12.1. The van der Waals surface area contributed by atoms with Crippen molar-refractivity contribution in [2.24, 2.45) is 0 Å². The molecule has 1 heterocycles. The number of nitriles is 1. The number of ether oxygens (including phenoxy) is 3. The lowest BCUT2D eigenvalue weighted by atomic mass is 9.77. The van der Waals surface area contributed by atoms with Crippen molar-refractivity contribution in [3.63, 3.8) is 0 Å². The van der Waals surface area contributed by atoms with Crippen molar-refractivity contribution in [2.45, 2.75) is 45.1 Å². The van der Waals surface area contributed by atoms with Crippen molar-refractivity contribution in [2.75, 3.05) is 30.8 Å². The maximum Gasteiger partial charge on any atom is 0.329 e. The summed E-state index contributed by atoms with van der Waals surface area (Å²) in [6, 6.07) is 14.9. The van der Waals surface area contributed by atoms with Crippen LogP contribution in [-0.4, -0.2) is 55.5 Å². The molecule has 0 aliphatic carbocycles. The quantitative estimate of drug-likeness (QED) is 0.211. The van der Waals surface area contributed by atoms with Gasteiger partial charge in [-0.25, -0.2) is 23.2 Å². The largest absolute Gasteiger partial charge is 0.491 e. The highest BCUT2D eigenvalue weighted by Gasteiger charge is 2.26. The Kier molecular flexibility index (Phi) is 11.5. The summed E-state index contributed by atoms with van der Waals surface area (Å²) < 4.78 is 41.7. The molecule has 0 fully saturated rings. The summed E-state index contributed by atoms with van der Waals surface area (Å²) in [6.45, 7) is 4.59. The zero-order valence-electron chi connectivity index (χ0n) is 23.6. The van der Waals surface area contributed by atoms with Gasteiger partial charge in [0.05, 0.1) is 29.1 Å². The number of rotatable bonds is 16. The van der Waals surface area contributed by atoms with Crippen LogP contribution < -0.4 is 14.2 Å². The fraction of sp³-hybridized carbons (Fsp3) is 0.379. The maximum atomic E-state index is 11.4. The molecule has 42 heavy (non-hydrogen) atoms. The zero-order valence-corrected chi connectivity index (χ0v) is 25.2. The van der Waals surface area contributed by atoms with Crippen LogP contribution in [0.3, 0.4) is 0 Å². The number of carbonyl (C=O) groups is 1. The molecule has 0 radical (unpaired) electrons. The molecule has 1 aromatic heterocycles. The average Bonchev–Trinajstić information content (AvgIpc) is 2.93. The molecule has 0 saturated carbocycles. The summed E-state index contributed by atoms with van der Waals surface area (Å²) in [7, 11) is -3.49. The number of benzene rings is 2. The van der Waals surface area contributed by atoms with Gasteiger partial charge in [0, 0.05) is 18.2 Å². The van der Waals surface area contributed by atoms with Gasteiger partial charge in [-0.3, -0.25) is 4.72 Å². The minimum atomic E-state index is -3.49. The number of hydrogen-bond donors (Lipinski definition) is 2. The Morgan fingerprint density at radius 1 is 1.07 bits per heavy atom. The van der Waals surface area contributed by atoms with Gasteiger partial charge in [-0.2, -0.15) is 5.26 Å². The first-order chi connectivity index (χ1) is 19.9. The number of sulfonamides is 1. The molecule has 0 spiro atoms. The molecule has 13 heteroatoms. The number of hydrogen-bond acceptors (Lipinski definition) is 9. The van der Waals surface area contributed by atoms with Crippen LogP contribution in [-0.2, 0) is 31.6 Å². The first-order valence-electron chi connectivity index (χ1n) is 13.1. The van der Waals surface area contributed by atoms with Gasteiger partial charge in [0.25, 0.3) is 0 Å². The molecule has 0 unspecified atom stereocenters. The van der Waals surface area contributed by atoms with Crippen LogP contribution in [0.25, 0.3) is 0 Å². The molecule has 2 N–H and O–H groups in total. The summed E-state index contributed by atoms with van der Waals surface area (Å²) in [5.74, 6) is -0.0854. The highest BCUT2D eigenvalue weighted by Crippen LogP contribution is 2.38. The molecule has 0 amide bonds. The van der Waals surface area contributed by atoms with Gasteiger partial charge in [0.2, 0.25) is 16.0 Å². The van der Waals surface area contributed by atoms with E-state index in [1.807, 2.05) is 38.1 Å². The second-order valence-electron chi connectivity index (χ2n) is 9.99. The standard InChI is InChI=1S/C29H33ClN4O7S/c1-29(2,21-7-9-24(10-8-21)41-18-23-11-12-32-28(33-23)34-42(3,37)38)22-15-20(17-31)27(25(30)16-22)40-14-6-4-5-13-39-19-26(35)36/h7-12,15-16H,4-6,13-14,18-19H2,1-3H3,(H,35,36)(H,32,33,34). The molecule has 3 rings (SSSR count).